The van der Waals surface area contributed by atoms with Gasteiger partial charge in [-0.1, -0.05) is 0 Å². The molecular formula is C16H21F3N6O2S2. The van der Waals surface area contributed by atoms with Crippen LogP contribution in [0.25, 0.3) is 10.6 Å². The van der Waals surface area contributed by atoms with Crippen molar-refractivity contribution in [2.75, 3.05) is 31.7 Å². The molecule has 1 fully saturated rings. The lowest BCUT2D eigenvalue weighted by molar-refractivity contribution is -0.137. The van der Waals surface area contributed by atoms with E-state index in [9.17, 15) is 21.6 Å². The van der Waals surface area contributed by atoms with Crippen LogP contribution in [-0.2, 0) is 22.7 Å². The van der Waals surface area contributed by atoms with E-state index in [4.69, 9.17) is 0 Å². The van der Waals surface area contributed by atoms with Crippen LogP contribution in [0.3, 0.4) is 0 Å². The van der Waals surface area contributed by atoms with Gasteiger partial charge in [-0.25, -0.2) is 27.7 Å². The van der Waals surface area contributed by atoms with Gasteiger partial charge in [-0.05, 0) is 19.9 Å². The van der Waals surface area contributed by atoms with Gasteiger partial charge in [0.15, 0.2) is 0 Å². The highest BCUT2D eigenvalue weighted by Crippen LogP contribution is 2.38. The molecule has 0 unspecified atom stereocenters. The number of aromatic nitrogens is 3. The van der Waals surface area contributed by atoms with Gasteiger partial charge in [-0.2, -0.15) is 13.2 Å². The fraction of sp³-hybridized carbons (Fsp3) is 0.562. The Labute approximate surface area is 170 Å². The van der Waals surface area contributed by atoms with Crippen molar-refractivity contribution in [3.63, 3.8) is 0 Å². The van der Waals surface area contributed by atoms with E-state index >= 15 is 0 Å². The average molecular weight is 451 g/mol. The molecule has 0 radical (unpaired) electrons. The van der Waals surface area contributed by atoms with Crippen molar-refractivity contribution in [2.45, 2.75) is 31.6 Å². The largest absolute Gasteiger partial charge is 0.420 e. The number of hydrogen-bond donors (Lipinski definition) is 2. The van der Waals surface area contributed by atoms with Gasteiger partial charge in [0.25, 0.3) is 0 Å². The maximum atomic E-state index is 13.4. The first-order valence-corrected chi connectivity index (χ1v) is 11.5. The first-order valence-electron chi connectivity index (χ1n) is 8.83. The van der Waals surface area contributed by atoms with Crippen LogP contribution in [0.1, 0.15) is 23.4 Å². The van der Waals surface area contributed by atoms with E-state index in [1.54, 1.807) is 7.05 Å². The molecule has 1 aliphatic rings. The predicted octanol–water partition coefficient (Wildman–Crippen LogP) is 2.17. The highest BCUT2D eigenvalue weighted by atomic mass is 32.2. The molecule has 3 heterocycles. The standard InChI is InChI=1S/C16H21F3N6O2S2/c1-20-9-13-21-8-12(28-13)14-11(16(17,18)19)7-22-15(24-14)23-10-3-5-25(6-4-10)29(2,26)27/h7-8,10,20H,3-6,9H2,1-2H3,(H,22,23,24). The van der Waals surface area contributed by atoms with Gasteiger partial charge in [0.2, 0.25) is 16.0 Å². The second kappa shape index (κ2) is 8.50. The second-order valence-electron chi connectivity index (χ2n) is 6.68. The zero-order valence-electron chi connectivity index (χ0n) is 15.8. The fourth-order valence-electron chi connectivity index (χ4n) is 3.01. The summed E-state index contributed by atoms with van der Waals surface area (Å²) in [6, 6.07) is -0.126. The maximum absolute atomic E-state index is 13.4. The number of hydrogen-bond acceptors (Lipinski definition) is 8. The average Bonchev–Trinajstić information content (AvgIpc) is 3.09. The minimum absolute atomic E-state index is 0.0781. The molecule has 0 atom stereocenters. The van der Waals surface area contributed by atoms with Gasteiger partial charge in [0, 0.05) is 38.1 Å². The van der Waals surface area contributed by atoms with Crippen molar-refractivity contribution in [1.29, 1.82) is 0 Å². The van der Waals surface area contributed by atoms with Crippen LogP contribution in [-0.4, -0.2) is 60.1 Å². The molecule has 29 heavy (non-hydrogen) atoms. The van der Waals surface area contributed by atoms with Crippen LogP contribution in [0.4, 0.5) is 19.1 Å². The van der Waals surface area contributed by atoms with E-state index < -0.39 is 21.8 Å². The van der Waals surface area contributed by atoms with Gasteiger partial charge in [-0.15, -0.1) is 11.3 Å². The number of nitrogens with zero attached hydrogens (tertiary/aromatic N) is 4. The van der Waals surface area contributed by atoms with Crippen molar-refractivity contribution in [3.8, 4) is 10.6 Å². The van der Waals surface area contributed by atoms with Crippen LogP contribution < -0.4 is 10.6 Å². The van der Waals surface area contributed by atoms with Gasteiger partial charge < -0.3 is 10.6 Å². The monoisotopic (exact) mass is 450 g/mol. The number of rotatable bonds is 6. The molecule has 13 heteroatoms. The SMILES string of the molecule is CNCc1ncc(-c2nc(NC3CCN(S(C)(=O)=O)CC3)ncc2C(F)(F)F)s1. The number of thiazole rings is 1. The molecule has 0 bridgehead atoms. The zero-order valence-corrected chi connectivity index (χ0v) is 17.5. The Morgan fingerprint density at radius 1 is 1.24 bits per heavy atom. The highest BCUT2D eigenvalue weighted by molar-refractivity contribution is 7.88. The summed E-state index contributed by atoms with van der Waals surface area (Å²) in [5.74, 6) is 0.0781. The summed E-state index contributed by atoms with van der Waals surface area (Å²) < 4.78 is 64.9. The number of nitrogens with one attached hydrogen (secondary N) is 2. The molecular weight excluding hydrogens is 429 g/mol. The quantitative estimate of drug-likeness (QED) is 0.696. The fourth-order valence-corrected chi connectivity index (χ4v) is 4.82. The van der Waals surface area contributed by atoms with Crippen molar-refractivity contribution >= 4 is 27.3 Å². The summed E-state index contributed by atoms with van der Waals surface area (Å²) in [6.45, 7) is 1.12. The minimum Gasteiger partial charge on any atom is -0.351 e. The summed E-state index contributed by atoms with van der Waals surface area (Å²) in [4.78, 5) is 12.4. The smallest absolute Gasteiger partial charge is 0.351 e. The van der Waals surface area contributed by atoms with Crippen molar-refractivity contribution in [1.82, 2.24) is 24.6 Å². The normalized spacial score (nSPS) is 16.9. The van der Waals surface area contributed by atoms with Crippen LogP contribution >= 0.6 is 11.3 Å². The number of piperidine rings is 1. The molecule has 3 rings (SSSR count). The van der Waals surface area contributed by atoms with E-state index in [1.807, 2.05) is 0 Å². The molecule has 160 valence electrons. The van der Waals surface area contributed by atoms with Crippen LogP contribution in [0.15, 0.2) is 12.4 Å². The molecule has 0 aromatic carbocycles. The molecule has 2 aromatic heterocycles. The van der Waals surface area contributed by atoms with Gasteiger partial charge in [0.1, 0.15) is 10.6 Å². The molecule has 1 aliphatic heterocycles. The molecule has 1 saturated heterocycles. The lowest BCUT2D eigenvalue weighted by atomic mass is 10.1. The summed E-state index contributed by atoms with van der Waals surface area (Å²) in [5, 5.41) is 6.59. The van der Waals surface area contributed by atoms with Crippen molar-refractivity contribution in [3.05, 3.63) is 23.0 Å². The summed E-state index contributed by atoms with van der Waals surface area (Å²) in [7, 11) is -1.52. The Morgan fingerprint density at radius 2 is 1.93 bits per heavy atom. The number of halogens is 3. The Morgan fingerprint density at radius 3 is 2.52 bits per heavy atom. The zero-order chi connectivity index (χ0) is 21.2. The third-order valence-corrected chi connectivity index (χ3v) is 6.77. The molecule has 8 nitrogen and oxygen atoms in total. The summed E-state index contributed by atoms with van der Waals surface area (Å²) in [5.41, 5.74) is -1.14. The maximum Gasteiger partial charge on any atom is 0.420 e. The highest BCUT2D eigenvalue weighted by Gasteiger charge is 2.36. The molecule has 2 aromatic rings. The molecule has 2 N–H and O–H groups in total. The van der Waals surface area contributed by atoms with Crippen LogP contribution in [0, 0.1) is 0 Å². The van der Waals surface area contributed by atoms with E-state index in [0.717, 1.165) is 23.8 Å². The third kappa shape index (κ3) is 5.41. The number of anilines is 1. The molecule has 0 saturated carbocycles. The Hall–Kier alpha value is -1.83. The van der Waals surface area contributed by atoms with Crippen LogP contribution in [0.2, 0.25) is 0 Å². The van der Waals surface area contributed by atoms with Gasteiger partial charge >= 0.3 is 6.18 Å². The first-order chi connectivity index (χ1) is 13.6. The Bertz CT molecular complexity index is 956. The lowest BCUT2D eigenvalue weighted by Crippen LogP contribution is -2.42. The molecule has 0 spiro atoms. The first kappa shape index (κ1) is 21.9. The number of sulfonamides is 1. The van der Waals surface area contributed by atoms with Gasteiger partial charge in [-0.3, -0.25) is 0 Å². The topological polar surface area (TPSA) is 100 Å². The third-order valence-electron chi connectivity index (χ3n) is 4.47. The lowest BCUT2D eigenvalue weighted by Gasteiger charge is -2.30. The molecule has 0 aliphatic carbocycles. The van der Waals surface area contributed by atoms with E-state index in [0.29, 0.717) is 42.4 Å². The minimum atomic E-state index is -4.60. The summed E-state index contributed by atoms with van der Waals surface area (Å²) in [6.07, 6.45) is -0.262. The van der Waals surface area contributed by atoms with E-state index in [2.05, 4.69) is 25.6 Å². The van der Waals surface area contributed by atoms with Crippen molar-refractivity contribution < 1.29 is 21.6 Å². The second-order valence-corrected chi connectivity index (χ2v) is 9.78. The van der Waals surface area contributed by atoms with Gasteiger partial charge in [0.05, 0.1) is 16.8 Å². The Kier molecular flexibility index (Phi) is 6.41. The number of alkyl halides is 3. The Balaban J connectivity index is 1.82. The van der Waals surface area contributed by atoms with E-state index in [1.165, 1.54) is 10.5 Å². The van der Waals surface area contributed by atoms with Crippen molar-refractivity contribution in [2.24, 2.45) is 0 Å². The van der Waals surface area contributed by atoms with E-state index in [-0.39, 0.29) is 17.7 Å². The molecule has 0 amide bonds. The van der Waals surface area contributed by atoms with Crippen LogP contribution in [0.5, 0.6) is 0 Å². The predicted molar refractivity (Wildman–Crippen MR) is 104 cm³/mol. The summed E-state index contributed by atoms with van der Waals surface area (Å²) >= 11 is 1.13.